The molecule has 12 heteroatoms. The average Bonchev–Trinajstić information content (AvgIpc) is 2.97. The van der Waals surface area contributed by atoms with Crippen LogP contribution in [-0.4, -0.2) is 108 Å². The zero-order valence-electron chi connectivity index (χ0n) is 20.3. The molecule has 5 aliphatic rings. The molecule has 3 N–H and O–H groups in total. The van der Waals surface area contributed by atoms with E-state index in [0.29, 0.717) is 32.5 Å². The van der Waals surface area contributed by atoms with Crippen LogP contribution in [0.15, 0.2) is 6.20 Å². The second-order valence-corrected chi connectivity index (χ2v) is 10.6. The van der Waals surface area contributed by atoms with Gasteiger partial charge >= 0.3 is 6.18 Å². The lowest BCUT2D eigenvalue weighted by Crippen LogP contribution is -2.82. The van der Waals surface area contributed by atoms with Crippen LogP contribution in [0.4, 0.5) is 24.9 Å². The molecular weight excluding hydrogens is 461 g/mol. The molecule has 0 radical (unpaired) electrons. The maximum Gasteiger partial charge on any atom is 0.421 e. The molecule has 3 heterocycles. The smallest absolute Gasteiger partial charge is 0.369 e. The van der Waals surface area contributed by atoms with Gasteiger partial charge < -0.3 is 25.8 Å². The Bertz CT molecular complexity index is 914. The van der Waals surface area contributed by atoms with E-state index in [2.05, 4.69) is 42.8 Å². The highest BCUT2D eigenvalue weighted by molar-refractivity contribution is 5.76. The molecule has 3 aliphatic carbocycles. The normalized spacial score (nSPS) is 29.8. The Labute approximate surface area is 203 Å². The third kappa shape index (κ3) is 5.05. The molecule has 3 saturated carbocycles. The van der Waals surface area contributed by atoms with E-state index in [0.717, 1.165) is 58.2 Å². The summed E-state index contributed by atoms with van der Waals surface area (Å²) in [6, 6.07) is 0. The lowest BCUT2D eigenvalue weighted by atomic mass is 9.43. The Morgan fingerprint density at radius 3 is 2.57 bits per heavy atom. The van der Waals surface area contributed by atoms with Crippen LogP contribution in [0.1, 0.15) is 37.7 Å². The lowest BCUT2D eigenvalue weighted by Gasteiger charge is -2.74. The number of piperazine rings is 1. The van der Waals surface area contributed by atoms with Gasteiger partial charge in [-0.25, -0.2) is 4.98 Å². The van der Waals surface area contributed by atoms with Crippen molar-refractivity contribution in [2.45, 2.75) is 49.4 Å². The molecule has 2 bridgehead atoms. The Morgan fingerprint density at radius 1 is 1.11 bits per heavy atom. The van der Waals surface area contributed by atoms with Gasteiger partial charge in [0.2, 0.25) is 11.9 Å². The first kappa shape index (κ1) is 24.5. The standard InChI is InChI=1S/C23H35F3N8O/c1-32-9-11-34(12-10-32)22-14-21(15-22,16-22)31-20-29-13-17(23(24,25)26)19(30-20)28-4-2-7-33-8-6-27-5-3-18(33)35/h13,27H,2-12,14-16H2,1H3,(H2,28,29,30,31). The summed E-state index contributed by atoms with van der Waals surface area (Å²) in [4.78, 5) is 27.0. The van der Waals surface area contributed by atoms with Crippen molar-refractivity contribution < 1.29 is 18.0 Å². The fourth-order valence-corrected chi connectivity index (χ4v) is 6.03. The third-order valence-electron chi connectivity index (χ3n) is 7.97. The van der Waals surface area contributed by atoms with Gasteiger partial charge in [-0.3, -0.25) is 9.69 Å². The summed E-state index contributed by atoms with van der Waals surface area (Å²) >= 11 is 0. The van der Waals surface area contributed by atoms with E-state index < -0.39 is 11.7 Å². The number of aromatic nitrogens is 2. The molecule has 1 aromatic heterocycles. The Hall–Kier alpha value is -2.18. The first-order chi connectivity index (χ1) is 16.7. The SMILES string of the molecule is CN1CCN(C23CC(Nc4ncc(C(F)(F)F)c(NCCCN5CCNCCC5=O)n4)(C2)C3)CC1. The molecular formula is C23H35F3N8O. The maximum atomic E-state index is 13.6. The number of amides is 1. The van der Waals surface area contributed by atoms with E-state index in [1.165, 1.54) is 0 Å². The molecule has 1 amide bonds. The van der Waals surface area contributed by atoms with Crippen molar-refractivity contribution in [2.75, 3.05) is 76.6 Å². The number of alkyl halides is 3. The van der Waals surface area contributed by atoms with Crippen LogP contribution in [0.2, 0.25) is 0 Å². The molecule has 2 saturated heterocycles. The van der Waals surface area contributed by atoms with Crippen LogP contribution in [0.5, 0.6) is 0 Å². The predicted molar refractivity (Wildman–Crippen MR) is 126 cm³/mol. The van der Waals surface area contributed by atoms with Gasteiger partial charge in [0.1, 0.15) is 11.4 Å². The first-order valence-electron chi connectivity index (χ1n) is 12.6. The molecule has 0 aromatic carbocycles. The minimum absolute atomic E-state index is 0.0763. The number of halogens is 3. The third-order valence-corrected chi connectivity index (χ3v) is 7.97. The Balaban J connectivity index is 1.17. The molecule has 1 aromatic rings. The highest BCUT2D eigenvalue weighted by Gasteiger charge is 2.70. The van der Waals surface area contributed by atoms with Gasteiger partial charge in [-0.15, -0.1) is 0 Å². The number of hydrogen-bond acceptors (Lipinski definition) is 8. The van der Waals surface area contributed by atoms with Crippen LogP contribution in [-0.2, 0) is 11.0 Å². The van der Waals surface area contributed by atoms with Crippen molar-refractivity contribution >= 4 is 17.7 Å². The minimum Gasteiger partial charge on any atom is -0.369 e. The van der Waals surface area contributed by atoms with Crippen molar-refractivity contribution in [1.82, 2.24) is 30.0 Å². The quantitative estimate of drug-likeness (QED) is 0.467. The number of nitrogens with zero attached hydrogens (tertiary/aromatic N) is 5. The van der Waals surface area contributed by atoms with Gasteiger partial charge in [0.05, 0.1) is 0 Å². The fraction of sp³-hybridized carbons (Fsp3) is 0.783. The van der Waals surface area contributed by atoms with Gasteiger partial charge in [-0.2, -0.15) is 18.2 Å². The maximum absolute atomic E-state index is 13.6. The fourth-order valence-electron chi connectivity index (χ4n) is 6.03. The number of carbonyl (C=O) groups is 1. The molecule has 0 atom stereocenters. The van der Waals surface area contributed by atoms with Crippen LogP contribution in [0.3, 0.4) is 0 Å². The van der Waals surface area contributed by atoms with Crippen molar-refractivity contribution in [3.63, 3.8) is 0 Å². The summed E-state index contributed by atoms with van der Waals surface area (Å²) in [6.07, 6.45) is 0.247. The van der Waals surface area contributed by atoms with E-state index >= 15 is 0 Å². The average molecular weight is 497 g/mol. The van der Waals surface area contributed by atoms with E-state index in [-0.39, 0.29) is 35.3 Å². The molecule has 194 valence electrons. The van der Waals surface area contributed by atoms with Crippen LogP contribution >= 0.6 is 0 Å². The summed E-state index contributed by atoms with van der Waals surface area (Å²) in [7, 11) is 2.14. The number of carbonyl (C=O) groups excluding carboxylic acids is 1. The summed E-state index contributed by atoms with van der Waals surface area (Å²) in [6.45, 7) is 7.08. The van der Waals surface area contributed by atoms with Crippen molar-refractivity contribution in [3.05, 3.63) is 11.8 Å². The zero-order chi connectivity index (χ0) is 24.7. The van der Waals surface area contributed by atoms with Gasteiger partial charge in [0.25, 0.3) is 0 Å². The van der Waals surface area contributed by atoms with E-state index in [1.807, 2.05) is 0 Å². The number of rotatable bonds is 8. The van der Waals surface area contributed by atoms with E-state index in [1.54, 1.807) is 4.90 Å². The van der Waals surface area contributed by atoms with Gasteiger partial charge in [0.15, 0.2) is 0 Å². The van der Waals surface area contributed by atoms with Crippen LogP contribution < -0.4 is 16.0 Å². The largest absolute Gasteiger partial charge is 0.421 e. The number of nitrogens with one attached hydrogen (secondary N) is 3. The monoisotopic (exact) mass is 496 g/mol. The number of hydrogen-bond donors (Lipinski definition) is 3. The highest BCUT2D eigenvalue weighted by atomic mass is 19.4. The molecule has 5 fully saturated rings. The molecule has 2 aliphatic heterocycles. The zero-order valence-corrected chi connectivity index (χ0v) is 20.3. The summed E-state index contributed by atoms with van der Waals surface area (Å²) < 4.78 is 40.7. The summed E-state index contributed by atoms with van der Waals surface area (Å²) in [5.41, 5.74) is -0.743. The second-order valence-electron chi connectivity index (χ2n) is 10.6. The first-order valence-corrected chi connectivity index (χ1v) is 12.6. The van der Waals surface area contributed by atoms with Crippen LogP contribution in [0.25, 0.3) is 0 Å². The Morgan fingerprint density at radius 2 is 1.86 bits per heavy atom. The highest BCUT2D eigenvalue weighted by Crippen LogP contribution is 2.64. The number of anilines is 2. The summed E-state index contributed by atoms with van der Waals surface area (Å²) in [5, 5.41) is 9.37. The van der Waals surface area contributed by atoms with Crippen molar-refractivity contribution in [2.24, 2.45) is 0 Å². The molecule has 0 unspecified atom stereocenters. The van der Waals surface area contributed by atoms with Gasteiger partial charge in [-0.1, -0.05) is 0 Å². The Kier molecular flexibility index (Phi) is 6.56. The number of likely N-dealkylation sites (N-methyl/N-ethyl adjacent to an activating group) is 1. The predicted octanol–water partition coefficient (Wildman–Crippen LogP) is 1.45. The minimum atomic E-state index is -4.55. The van der Waals surface area contributed by atoms with Gasteiger partial charge in [0, 0.05) is 82.6 Å². The molecule has 0 spiro atoms. The second kappa shape index (κ2) is 9.36. The van der Waals surface area contributed by atoms with Crippen LogP contribution in [0, 0.1) is 0 Å². The van der Waals surface area contributed by atoms with Crippen molar-refractivity contribution in [3.8, 4) is 0 Å². The van der Waals surface area contributed by atoms with E-state index in [9.17, 15) is 18.0 Å². The van der Waals surface area contributed by atoms with E-state index in [4.69, 9.17) is 0 Å². The summed E-state index contributed by atoms with van der Waals surface area (Å²) in [5.74, 6) is 0.104. The molecule has 35 heavy (non-hydrogen) atoms. The topological polar surface area (TPSA) is 88.7 Å². The van der Waals surface area contributed by atoms with Crippen molar-refractivity contribution in [1.29, 1.82) is 0 Å². The lowest BCUT2D eigenvalue weighted by molar-refractivity contribution is -0.160. The van der Waals surface area contributed by atoms with Gasteiger partial charge in [-0.05, 0) is 32.7 Å². The molecule has 6 rings (SSSR count). The molecule has 9 nitrogen and oxygen atoms in total.